The third kappa shape index (κ3) is 2.45. The molecule has 0 radical (unpaired) electrons. The zero-order valence-electron chi connectivity index (χ0n) is 11.4. The van der Waals surface area contributed by atoms with Crippen LogP contribution in [0.3, 0.4) is 0 Å². The Morgan fingerprint density at radius 1 is 1.44 bits per heavy atom. The van der Waals surface area contributed by atoms with Gasteiger partial charge < -0.3 is 0 Å². The molecule has 2 heteroatoms. The van der Waals surface area contributed by atoms with E-state index in [1.54, 1.807) is 5.56 Å². The predicted molar refractivity (Wildman–Crippen MR) is 71.1 cm³/mol. The van der Waals surface area contributed by atoms with Gasteiger partial charge in [-0.05, 0) is 31.7 Å². The molecular formula is C16H20LiN. The van der Waals surface area contributed by atoms with Gasteiger partial charge >= 0.3 is 18.9 Å². The first kappa shape index (κ1) is 13.9. The van der Waals surface area contributed by atoms with Crippen LogP contribution in [-0.2, 0) is 6.42 Å². The SMILES string of the molecule is C=CCCN1CC[C@H]2c3[c-]cccc3CC[C@H]21.[Li+]. The number of nitrogens with zero attached hydrogens (tertiary/aromatic N) is 1. The van der Waals surface area contributed by atoms with Crippen molar-refractivity contribution in [1.82, 2.24) is 4.90 Å². The van der Waals surface area contributed by atoms with Gasteiger partial charge in [0.1, 0.15) is 0 Å². The molecule has 1 aromatic rings. The summed E-state index contributed by atoms with van der Waals surface area (Å²) in [5.74, 6) is 0.741. The third-order valence-corrected chi connectivity index (χ3v) is 4.34. The molecule has 0 spiro atoms. The molecule has 1 nitrogen and oxygen atoms in total. The van der Waals surface area contributed by atoms with E-state index < -0.39 is 0 Å². The molecule has 1 aliphatic carbocycles. The Morgan fingerprint density at radius 3 is 3.17 bits per heavy atom. The van der Waals surface area contributed by atoms with Crippen molar-refractivity contribution in [3.63, 3.8) is 0 Å². The average molecular weight is 233 g/mol. The molecule has 0 amide bonds. The van der Waals surface area contributed by atoms with Crippen molar-refractivity contribution in [2.75, 3.05) is 13.1 Å². The summed E-state index contributed by atoms with van der Waals surface area (Å²) in [5.41, 5.74) is 3.05. The number of rotatable bonds is 3. The molecule has 0 aromatic heterocycles. The topological polar surface area (TPSA) is 3.24 Å². The summed E-state index contributed by atoms with van der Waals surface area (Å²) in [6.45, 7) is 6.27. The van der Waals surface area contributed by atoms with Crippen LogP contribution in [0.5, 0.6) is 0 Å². The number of likely N-dealkylation sites (tertiary alicyclic amines) is 1. The Morgan fingerprint density at radius 2 is 2.33 bits per heavy atom. The van der Waals surface area contributed by atoms with Crippen molar-refractivity contribution in [3.05, 3.63) is 48.0 Å². The Hall–Kier alpha value is -0.483. The van der Waals surface area contributed by atoms with Crippen LogP contribution in [0.2, 0.25) is 0 Å². The monoisotopic (exact) mass is 233 g/mol. The number of aryl methyl sites for hydroxylation is 1. The summed E-state index contributed by atoms with van der Waals surface area (Å²) in [6, 6.07) is 10.7. The maximum Gasteiger partial charge on any atom is 1.00 e. The molecule has 1 fully saturated rings. The molecule has 0 bridgehead atoms. The third-order valence-electron chi connectivity index (χ3n) is 4.34. The second-order valence-electron chi connectivity index (χ2n) is 5.22. The molecule has 0 unspecified atom stereocenters. The van der Waals surface area contributed by atoms with E-state index in [4.69, 9.17) is 0 Å². The molecule has 18 heavy (non-hydrogen) atoms. The second kappa shape index (κ2) is 6.11. The largest absolute Gasteiger partial charge is 1.00 e. The van der Waals surface area contributed by atoms with Crippen LogP contribution >= 0.6 is 0 Å². The summed E-state index contributed by atoms with van der Waals surface area (Å²) in [6.07, 6.45) is 7.03. The Kier molecular flexibility index (Phi) is 4.73. The van der Waals surface area contributed by atoms with Crippen molar-refractivity contribution >= 4 is 0 Å². The summed E-state index contributed by atoms with van der Waals surface area (Å²) >= 11 is 0. The van der Waals surface area contributed by atoms with Gasteiger partial charge in [0.15, 0.2) is 0 Å². The minimum atomic E-state index is 0. The smallest absolute Gasteiger partial charge is 0.300 e. The van der Waals surface area contributed by atoms with E-state index in [0.717, 1.165) is 18.4 Å². The summed E-state index contributed by atoms with van der Waals surface area (Å²) in [5, 5.41) is 0. The molecule has 2 aliphatic rings. The molecule has 0 saturated carbocycles. The van der Waals surface area contributed by atoms with Crippen LogP contribution in [0.25, 0.3) is 0 Å². The number of hydrogen-bond donors (Lipinski definition) is 0. The van der Waals surface area contributed by atoms with Gasteiger partial charge in [0, 0.05) is 12.6 Å². The van der Waals surface area contributed by atoms with E-state index in [1.165, 1.54) is 37.9 Å². The van der Waals surface area contributed by atoms with Crippen molar-refractivity contribution in [2.45, 2.75) is 37.6 Å². The first-order valence-electron chi connectivity index (χ1n) is 6.74. The van der Waals surface area contributed by atoms with Crippen LogP contribution in [0.1, 0.15) is 36.3 Å². The quantitative estimate of drug-likeness (QED) is 0.409. The predicted octanol–water partition coefficient (Wildman–Crippen LogP) is 0.171. The molecule has 1 aliphatic heterocycles. The van der Waals surface area contributed by atoms with Crippen LogP contribution < -0.4 is 18.9 Å². The van der Waals surface area contributed by atoms with Gasteiger partial charge in [-0.15, -0.1) is 6.58 Å². The van der Waals surface area contributed by atoms with Crippen LogP contribution in [0, 0.1) is 6.07 Å². The van der Waals surface area contributed by atoms with Gasteiger partial charge in [0.2, 0.25) is 0 Å². The molecule has 90 valence electrons. The van der Waals surface area contributed by atoms with Gasteiger partial charge in [-0.1, -0.05) is 12.5 Å². The van der Waals surface area contributed by atoms with Crippen LogP contribution in [0.15, 0.2) is 30.9 Å². The Balaban J connectivity index is 0.00000120. The molecule has 2 atom stereocenters. The second-order valence-corrected chi connectivity index (χ2v) is 5.22. The first-order valence-corrected chi connectivity index (χ1v) is 6.74. The van der Waals surface area contributed by atoms with Crippen molar-refractivity contribution in [3.8, 4) is 0 Å². The van der Waals surface area contributed by atoms with Crippen molar-refractivity contribution in [1.29, 1.82) is 0 Å². The maximum atomic E-state index is 3.83. The fourth-order valence-corrected chi connectivity index (χ4v) is 3.52. The summed E-state index contributed by atoms with van der Waals surface area (Å²) in [4.78, 5) is 2.66. The van der Waals surface area contributed by atoms with E-state index in [1.807, 2.05) is 6.08 Å². The van der Waals surface area contributed by atoms with Gasteiger partial charge in [-0.2, -0.15) is 35.4 Å². The minimum Gasteiger partial charge on any atom is -0.300 e. The zero-order valence-corrected chi connectivity index (χ0v) is 11.4. The zero-order chi connectivity index (χ0) is 11.7. The van der Waals surface area contributed by atoms with Crippen molar-refractivity contribution < 1.29 is 18.9 Å². The maximum absolute atomic E-state index is 3.83. The van der Waals surface area contributed by atoms with Crippen LogP contribution in [0.4, 0.5) is 0 Å². The van der Waals surface area contributed by atoms with Gasteiger partial charge in [0.05, 0.1) is 0 Å². The number of hydrogen-bond acceptors (Lipinski definition) is 1. The average Bonchev–Trinajstić information content (AvgIpc) is 2.80. The molecule has 1 heterocycles. The Bertz CT molecular complexity index is 415. The fourth-order valence-electron chi connectivity index (χ4n) is 3.52. The van der Waals surface area contributed by atoms with Gasteiger partial charge in [0.25, 0.3) is 0 Å². The van der Waals surface area contributed by atoms with E-state index >= 15 is 0 Å². The van der Waals surface area contributed by atoms with Gasteiger partial charge in [-0.25, -0.2) is 0 Å². The molecule has 0 N–H and O–H groups in total. The van der Waals surface area contributed by atoms with E-state index in [9.17, 15) is 0 Å². The number of benzene rings is 1. The standard InChI is InChI=1S/C16H20N.Li/c1-2-3-11-17-12-10-15-14-7-5-4-6-13(14)8-9-16(15)17;/h2,4-6,15-16H,1,3,8-12H2;/q-1;+1/t15-,16+;/m0./s1. The fraction of sp³-hybridized carbons (Fsp3) is 0.500. The summed E-state index contributed by atoms with van der Waals surface area (Å²) < 4.78 is 0. The summed E-state index contributed by atoms with van der Waals surface area (Å²) in [7, 11) is 0. The number of fused-ring (bicyclic) bond motifs is 3. The van der Waals surface area contributed by atoms with Crippen molar-refractivity contribution in [2.24, 2.45) is 0 Å². The van der Waals surface area contributed by atoms with E-state index in [-0.39, 0.29) is 18.9 Å². The molecule has 1 aromatic carbocycles. The first-order chi connectivity index (χ1) is 8.40. The normalized spacial score (nSPS) is 26.0. The minimum absolute atomic E-state index is 0. The Labute approximate surface area is 122 Å². The van der Waals surface area contributed by atoms with Crippen LogP contribution in [-0.4, -0.2) is 24.0 Å². The van der Waals surface area contributed by atoms with E-state index in [0.29, 0.717) is 0 Å². The van der Waals surface area contributed by atoms with E-state index in [2.05, 4.69) is 35.7 Å². The molecule has 1 saturated heterocycles. The van der Waals surface area contributed by atoms with Gasteiger partial charge in [-0.3, -0.25) is 4.90 Å². The molecule has 3 rings (SSSR count). The molecular weight excluding hydrogens is 213 g/mol.